The van der Waals surface area contributed by atoms with Crippen LogP contribution in [0.5, 0.6) is 11.5 Å². The van der Waals surface area contributed by atoms with E-state index in [0.717, 1.165) is 40.0 Å². The number of ether oxygens (including phenoxy) is 2. The molecule has 4 nitrogen and oxygen atoms in total. The van der Waals surface area contributed by atoms with Crippen LogP contribution in [-0.2, 0) is 19.7 Å². The van der Waals surface area contributed by atoms with Gasteiger partial charge in [0.2, 0.25) is 0 Å². The van der Waals surface area contributed by atoms with E-state index < -0.39 is 0 Å². The standard InChI is InChI=1S/C22H23BrN2O2.2ClH/c1-16-5-7-17(8-6-16)15-27-22-20(23)10-19(11-21(22)26-2)14-25-13-18-4-3-9-24-12-18;;/h3-12,25H,13-15H2,1-2H3;2*1H/p-2. The summed E-state index contributed by atoms with van der Waals surface area (Å²) in [5, 5.41) is 3.42. The van der Waals surface area contributed by atoms with Gasteiger partial charge in [-0.05, 0) is 57.7 Å². The molecule has 29 heavy (non-hydrogen) atoms. The lowest BCUT2D eigenvalue weighted by Crippen LogP contribution is -3.00. The van der Waals surface area contributed by atoms with E-state index in [9.17, 15) is 0 Å². The summed E-state index contributed by atoms with van der Waals surface area (Å²) < 4.78 is 12.4. The lowest BCUT2D eigenvalue weighted by Gasteiger charge is -2.15. The van der Waals surface area contributed by atoms with E-state index in [4.69, 9.17) is 9.47 Å². The molecule has 1 aromatic heterocycles. The summed E-state index contributed by atoms with van der Waals surface area (Å²) in [5.74, 6) is 1.43. The Bertz CT molecular complexity index is 878. The first-order chi connectivity index (χ1) is 13.2. The lowest BCUT2D eigenvalue weighted by atomic mass is 10.1. The second-order valence-corrected chi connectivity index (χ2v) is 7.20. The number of aromatic nitrogens is 1. The molecule has 0 saturated carbocycles. The number of halogens is 3. The summed E-state index contributed by atoms with van der Waals surface area (Å²) in [6, 6.07) is 16.4. The van der Waals surface area contributed by atoms with Crippen molar-refractivity contribution in [1.82, 2.24) is 10.3 Å². The Balaban J connectivity index is 0.00000210. The second-order valence-electron chi connectivity index (χ2n) is 6.35. The zero-order valence-corrected chi connectivity index (χ0v) is 19.4. The second kappa shape index (κ2) is 12.7. The molecule has 1 N–H and O–H groups in total. The molecular formula is C22H23BrCl2N2O2-2. The van der Waals surface area contributed by atoms with Gasteiger partial charge >= 0.3 is 0 Å². The zero-order valence-electron chi connectivity index (χ0n) is 16.3. The Morgan fingerprint density at radius 2 is 1.69 bits per heavy atom. The number of nitrogens with zero attached hydrogens (tertiary/aromatic N) is 1. The Morgan fingerprint density at radius 3 is 2.34 bits per heavy atom. The molecule has 2 aromatic carbocycles. The Morgan fingerprint density at radius 1 is 0.966 bits per heavy atom. The van der Waals surface area contributed by atoms with Crippen LogP contribution in [-0.4, -0.2) is 12.1 Å². The fourth-order valence-electron chi connectivity index (χ4n) is 2.71. The van der Waals surface area contributed by atoms with E-state index in [1.54, 1.807) is 13.3 Å². The van der Waals surface area contributed by atoms with Crippen LogP contribution in [0.25, 0.3) is 0 Å². The number of hydrogen-bond donors (Lipinski definition) is 1. The molecule has 0 saturated heterocycles. The molecule has 0 unspecified atom stereocenters. The van der Waals surface area contributed by atoms with Crippen molar-refractivity contribution in [2.75, 3.05) is 7.11 Å². The van der Waals surface area contributed by atoms with Crippen molar-refractivity contribution < 1.29 is 34.3 Å². The number of benzene rings is 2. The average Bonchev–Trinajstić information content (AvgIpc) is 2.69. The predicted octanol–water partition coefficient (Wildman–Crippen LogP) is -0.962. The summed E-state index contributed by atoms with van der Waals surface area (Å²) in [5.41, 5.74) is 4.63. The van der Waals surface area contributed by atoms with Crippen LogP contribution < -0.4 is 39.6 Å². The highest BCUT2D eigenvalue weighted by molar-refractivity contribution is 9.10. The molecule has 0 fully saturated rings. The SMILES string of the molecule is COc1cc(CNCc2cccnc2)cc(Br)c1OCc1ccc(C)cc1.[Cl-].[Cl-]. The van der Waals surface area contributed by atoms with Gasteiger partial charge in [-0.2, -0.15) is 0 Å². The zero-order chi connectivity index (χ0) is 19.1. The fourth-order valence-corrected chi connectivity index (χ4v) is 3.31. The first kappa shape index (κ1) is 25.2. The maximum Gasteiger partial charge on any atom is 0.175 e. The van der Waals surface area contributed by atoms with E-state index in [1.165, 1.54) is 5.56 Å². The van der Waals surface area contributed by atoms with E-state index in [0.29, 0.717) is 12.4 Å². The van der Waals surface area contributed by atoms with Crippen LogP contribution in [0.4, 0.5) is 0 Å². The van der Waals surface area contributed by atoms with Crippen LogP contribution in [0.3, 0.4) is 0 Å². The van der Waals surface area contributed by atoms with Crippen molar-refractivity contribution in [2.24, 2.45) is 0 Å². The normalized spacial score (nSPS) is 9.90. The smallest absolute Gasteiger partial charge is 0.175 e. The van der Waals surface area contributed by atoms with Crippen molar-refractivity contribution in [3.63, 3.8) is 0 Å². The summed E-state index contributed by atoms with van der Waals surface area (Å²) >= 11 is 3.62. The molecule has 0 aliphatic carbocycles. The molecular weight excluding hydrogens is 475 g/mol. The lowest BCUT2D eigenvalue weighted by molar-refractivity contribution is -0.00100. The van der Waals surface area contributed by atoms with Gasteiger partial charge in [0.05, 0.1) is 11.6 Å². The van der Waals surface area contributed by atoms with Gasteiger partial charge < -0.3 is 39.6 Å². The number of aryl methyl sites for hydroxylation is 1. The highest BCUT2D eigenvalue weighted by atomic mass is 79.9. The third kappa shape index (κ3) is 7.52. The van der Waals surface area contributed by atoms with Gasteiger partial charge in [0.1, 0.15) is 6.61 Å². The average molecular weight is 498 g/mol. The van der Waals surface area contributed by atoms with Gasteiger partial charge in [-0.15, -0.1) is 0 Å². The fraction of sp³-hybridized carbons (Fsp3) is 0.227. The van der Waals surface area contributed by atoms with Crippen LogP contribution in [0.15, 0.2) is 65.4 Å². The van der Waals surface area contributed by atoms with Crippen molar-refractivity contribution in [1.29, 1.82) is 0 Å². The molecule has 0 aliphatic rings. The van der Waals surface area contributed by atoms with Gasteiger partial charge in [0.15, 0.2) is 11.5 Å². The molecule has 0 bridgehead atoms. The highest BCUT2D eigenvalue weighted by Crippen LogP contribution is 2.37. The van der Waals surface area contributed by atoms with E-state index >= 15 is 0 Å². The first-order valence-corrected chi connectivity index (χ1v) is 9.59. The molecule has 3 aromatic rings. The molecule has 0 radical (unpaired) electrons. The molecule has 0 atom stereocenters. The Labute approximate surface area is 193 Å². The largest absolute Gasteiger partial charge is 1.00 e. The third-order valence-electron chi connectivity index (χ3n) is 4.17. The first-order valence-electron chi connectivity index (χ1n) is 8.80. The summed E-state index contributed by atoms with van der Waals surface area (Å²) in [6.07, 6.45) is 3.65. The van der Waals surface area contributed by atoms with E-state index in [2.05, 4.69) is 69.6 Å². The Kier molecular flexibility index (Phi) is 11.1. The molecule has 0 spiro atoms. The van der Waals surface area contributed by atoms with Crippen LogP contribution in [0, 0.1) is 6.92 Å². The maximum absolute atomic E-state index is 6.01. The van der Waals surface area contributed by atoms with Crippen molar-refractivity contribution in [3.8, 4) is 11.5 Å². The number of nitrogens with one attached hydrogen (secondary N) is 1. The molecule has 3 rings (SSSR count). The van der Waals surface area contributed by atoms with Crippen LogP contribution in [0.1, 0.15) is 22.3 Å². The van der Waals surface area contributed by atoms with Crippen molar-refractivity contribution in [3.05, 3.63) is 87.7 Å². The third-order valence-corrected chi connectivity index (χ3v) is 4.76. The van der Waals surface area contributed by atoms with Gasteiger partial charge in [-0.1, -0.05) is 35.9 Å². The summed E-state index contributed by atoms with van der Waals surface area (Å²) in [6.45, 7) is 4.06. The van der Waals surface area contributed by atoms with E-state index in [1.807, 2.05) is 18.3 Å². The van der Waals surface area contributed by atoms with Gasteiger partial charge in [-0.25, -0.2) is 0 Å². The number of methoxy groups -OCH3 is 1. The minimum absolute atomic E-state index is 0. The molecule has 7 heteroatoms. The molecule has 0 amide bonds. The number of pyridine rings is 1. The van der Waals surface area contributed by atoms with Gasteiger partial charge in [0.25, 0.3) is 0 Å². The minimum Gasteiger partial charge on any atom is -1.00 e. The molecule has 0 aliphatic heterocycles. The molecule has 156 valence electrons. The minimum atomic E-state index is 0. The van der Waals surface area contributed by atoms with Gasteiger partial charge in [-0.3, -0.25) is 4.98 Å². The number of hydrogen-bond acceptors (Lipinski definition) is 4. The van der Waals surface area contributed by atoms with Crippen LogP contribution in [0.2, 0.25) is 0 Å². The topological polar surface area (TPSA) is 43.4 Å². The predicted molar refractivity (Wildman–Crippen MR) is 111 cm³/mol. The van der Waals surface area contributed by atoms with Crippen molar-refractivity contribution >= 4 is 15.9 Å². The van der Waals surface area contributed by atoms with Crippen LogP contribution >= 0.6 is 15.9 Å². The quantitative estimate of drug-likeness (QED) is 0.435. The Hall–Kier alpha value is -1.79. The summed E-state index contributed by atoms with van der Waals surface area (Å²) in [4.78, 5) is 4.13. The highest BCUT2D eigenvalue weighted by Gasteiger charge is 2.12. The monoisotopic (exact) mass is 496 g/mol. The number of rotatable bonds is 8. The van der Waals surface area contributed by atoms with E-state index in [-0.39, 0.29) is 24.8 Å². The molecule has 1 heterocycles. The summed E-state index contributed by atoms with van der Waals surface area (Å²) in [7, 11) is 1.66. The maximum atomic E-state index is 6.01. The van der Waals surface area contributed by atoms with Gasteiger partial charge in [0, 0.05) is 25.5 Å². The van der Waals surface area contributed by atoms with Crippen molar-refractivity contribution in [2.45, 2.75) is 26.6 Å².